The zero-order chi connectivity index (χ0) is 49.3. The van der Waals surface area contributed by atoms with Gasteiger partial charge in [-0.15, -0.1) is 0 Å². The van der Waals surface area contributed by atoms with E-state index in [2.05, 4.69) is 43.5 Å². The molecule has 0 aromatic carbocycles. The highest BCUT2D eigenvalue weighted by atomic mass is 16.5. The maximum atomic E-state index is 12.4. The van der Waals surface area contributed by atoms with E-state index in [-0.39, 0.29) is 18.5 Å². The Kier molecular flexibility index (Phi) is 56.5. The van der Waals surface area contributed by atoms with Crippen molar-refractivity contribution in [3.63, 3.8) is 0 Å². The molecule has 2 unspecified atom stereocenters. The summed E-state index contributed by atoms with van der Waals surface area (Å²) >= 11 is 0. The van der Waals surface area contributed by atoms with Crippen LogP contribution in [0.4, 0.5) is 0 Å². The zero-order valence-corrected chi connectivity index (χ0v) is 45.9. The second-order valence-corrected chi connectivity index (χ2v) is 21.0. The van der Waals surface area contributed by atoms with E-state index in [1.54, 1.807) is 0 Å². The van der Waals surface area contributed by atoms with Crippen LogP contribution in [0.15, 0.2) is 24.3 Å². The number of carbonyl (C=O) groups excluding carboxylic acids is 2. The first-order valence-electron chi connectivity index (χ1n) is 30.6. The molecule has 0 aromatic rings. The average molecular weight is 959 g/mol. The molecule has 6 nitrogen and oxygen atoms in total. The number of carbonyl (C=O) groups is 2. The van der Waals surface area contributed by atoms with Crippen molar-refractivity contribution < 1.29 is 24.5 Å². The van der Waals surface area contributed by atoms with Gasteiger partial charge < -0.3 is 20.3 Å². The molecule has 402 valence electrons. The molecule has 2 atom stereocenters. The molecule has 3 N–H and O–H groups in total. The van der Waals surface area contributed by atoms with Crippen LogP contribution >= 0.6 is 0 Å². The predicted octanol–water partition coefficient (Wildman–Crippen LogP) is 19.0. The minimum atomic E-state index is -0.660. The van der Waals surface area contributed by atoms with E-state index in [4.69, 9.17) is 4.74 Å². The van der Waals surface area contributed by atoms with Gasteiger partial charge in [-0.25, -0.2) is 0 Å². The highest BCUT2D eigenvalue weighted by molar-refractivity contribution is 5.76. The smallest absolute Gasteiger partial charge is 0.305 e. The molecule has 0 rings (SSSR count). The standard InChI is InChI=1S/C62H119NO5/c1-3-5-7-9-11-13-15-16-33-36-40-44-48-52-56-62(67)68-57-53-49-45-41-37-34-31-29-27-25-23-21-19-17-18-20-22-24-26-28-30-32-35-39-43-47-51-55-61(66)63-59(58-64)60(65)54-50-46-42-38-14-12-10-8-6-4-2/h9,11,15-16,59-60,64-65H,3-8,10,12-14,17-58H2,1-2H3,(H,63,66)/b11-9-,16-15-. The maximum absolute atomic E-state index is 12.4. The molecule has 0 aromatic heterocycles. The number of amides is 1. The van der Waals surface area contributed by atoms with Crippen LogP contribution in [0.5, 0.6) is 0 Å². The van der Waals surface area contributed by atoms with E-state index in [0.717, 1.165) is 51.4 Å². The summed E-state index contributed by atoms with van der Waals surface area (Å²) in [5.74, 6) is -0.0295. The fraction of sp³-hybridized carbons (Fsp3) is 0.903. The molecular weight excluding hydrogens is 839 g/mol. The lowest BCUT2D eigenvalue weighted by Gasteiger charge is -2.22. The molecule has 1 amide bonds. The number of rotatable bonds is 57. The van der Waals surface area contributed by atoms with Gasteiger partial charge in [0, 0.05) is 12.8 Å². The summed E-state index contributed by atoms with van der Waals surface area (Å²) in [4.78, 5) is 24.5. The minimum Gasteiger partial charge on any atom is -0.466 e. The molecule has 6 heteroatoms. The Morgan fingerprint density at radius 2 is 0.750 bits per heavy atom. The normalized spacial score (nSPS) is 12.7. The summed E-state index contributed by atoms with van der Waals surface area (Å²) in [6.45, 7) is 4.91. The predicted molar refractivity (Wildman–Crippen MR) is 296 cm³/mol. The average Bonchev–Trinajstić information content (AvgIpc) is 3.34. The number of unbranched alkanes of at least 4 members (excludes halogenated alkanes) is 42. The number of aliphatic hydroxyl groups is 2. The van der Waals surface area contributed by atoms with Crippen molar-refractivity contribution in [1.82, 2.24) is 5.32 Å². The first-order valence-corrected chi connectivity index (χ1v) is 30.6. The number of nitrogens with one attached hydrogen (secondary N) is 1. The largest absolute Gasteiger partial charge is 0.466 e. The Hall–Kier alpha value is -1.66. The summed E-state index contributed by atoms with van der Waals surface area (Å²) in [5, 5.41) is 23.2. The van der Waals surface area contributed by atoms with Gasteiger partial charge in [0.15, 0.2) is 0 Å². The number of hydrogen-bond acceptors (Lipinski definition) is 5. The monoisotopic (exact) mass is 958 g/mol. The summed E-state index contributed by atoms with van der Waals surface area (Å²) < 4.78 is 5.48. The van der Waals surface area contributed by atoms with E-state index in [0.29, 0.717) is 25.9 Å². The Labute approximate surface area is 424 Å². The lowest BCUT2D eigenvalue weighted by molar-refractivity contribution is -0.143. The second-order valence-electron chi connectivity index (χ2n) is 21.0. The van der Waals surface area contributed by atoms with Crippen molar-refractivity contribution in [1.29, 1.82) is 0 Å². The van der Waals surface area contributed by atoms with Crippen LogP contribution in [-0.2, 0) is 14.3 Å². The quantitative estimate of drug-likeness (QED) is 0.0321. The molecule has 0 fully saturated rings. The molecule has 68 heavy (non-hydrogen) atoms. The van der Waals surface area contributed by atoms with Gasteiger partial charge in [0.2, 0.25) is 5.91 Å². The molecule has 0 saturated heterocycles. The zero-order valence-electron chi connectivity index (χ0n) is 45.9. The third-order valence-electron chi connectivity index (χ3n) is 14.3. The lowest BCUT2D eigenvalue weighted by atomic mass is 10.0. The number of ether oxygens (including phenoxy) is 1. The summed E-state index contributed by atoms with van der Waals surface area (Å²) in [6, 6.07) is -0.537. The SMILES string of the molecule is CCCC/C=C\C/C=C\CCCCCCCC(=O)OCCCCCCCCCCCCCCCCCCCCCCCCCCCCCC(=O)NC(CO)C(O)CCCCCCCCCCCC. The van der Waals surface area contributed by atoms with Crippen LogP contribution < -0.4 is 5.32 Å². The Morgan fingerprint density at radius 3 is 1.16 bits per heavy atom. The molecule has 0 aliphatic carbocycles. The fourth-order valence-electron chi connectivity index (χ4n) is 9.54. The van der Waals surface area contributed by atoms with Gasteiger partial charge in [0.1, 0.15) is 0 Å². The molecule has 0 aliphatic rings. The first kappa shape index (κ1) is 66.3. The fourth-order valence-corrected chi connectivity index (χ4v) is 9.54. The highest BCUT2D eigenvalue weighted by Gasteiger charge is 2.20. The van der Waals surface area contributed by atoms with Crippen LogP contribution in [0.3, 0.4) is 0 Å². The molecule has 0 spiro atoms. The summed E-state index contributed by atoms with van der Waals surface area (Å²) in [6.07, 6.45) is 70.6. The minimum absolute atomic E-state index is 0.00347. The van der Waals surface area contributed by atoms with Crippen molar-refractivity contribution in [2.24, 2.45) is 0 Å². The van der Waals surface area contributed by atoms with Crippen molar-refractivity contribution in [3.8, 4) is 0 Å². The van der Waals surface area contributed by atoms with Gasteiger partial charge >= 0.3 is 5.97 Å². The summed E-state index contributed by atoms with van der Waals surface area (Å²) in [5.41, 5.74) is 0. The highest BCUT2D eigenvalue weighted by Crippen LogP contribution is 2.18. The molecule has 0 aliphatic heterocycles. The van der Waals surface area contributed by atoms with Crippen molar-refractivity contribution in [3.05, 3.63) is 24.3 Å². The Bertz CT molecular complexity index is 1060. The topological polar surface area (TPSA) is 95.9 Å². The van der Waals surface area contributed by atoms with Gasteiger partial charge in [-0.05, 0) is 51.4 Å². The molecule has 0 saturated carbocycles. The van der Waals surface area contributed by atoms with Gasteiger partial charge in [-0.1, -0.05) is 295 Å². The number of hydrogen-bond donors (Lipinski definition) is 3. The Morgan fingerprint density at radius 1 is 0.412 bits per heavy atom. The van der Waals surface area contributed by atoms with E-state index in [9.17, 15) is 19.8 Å². The van der Waals surface area contributed by atoms with Gasteiger partial charge in [0.25, 0.3) is 0 Å². The van der Waals surface area contributed by atoms with Gasteiger partial charge in [-0.2, -0.15) is 0 Å². The van der Waals surface area contributed by atoms with Crippen molar-refractivity contribution in [2.75, 3.05) is 13.2 Å². The molecular formula is C62H119NO5. The Balaban J connectivity index is 3.32. The van der Waals surface area contributed by atoms with Gasteiger partial charge in [0.05, 0.1) is 25.4 Å². The molecule has 0 heterocycles. The first-order chi connectivity index (χ1) is 33.5. The van der Waals surface area contributed by atoms with Crippen molar-refractivity contribution in [2.45, 2.75) is 347 Å². The number of aliphatic hydroxyl groups excluding tert-OH is 2. The van der Waals surface area contributed by atoms with E-state index in [1.807, 2.05) is 0 Å². The van der Waals surface area contributed by atoms with Crippen LogP contribution in [0, 0.1) is 0 Å². The van der Waals surface area contributed by atoms with E-state index in [1.165, 1.54) is 250 Å². The third-order valence-corrected chi connectivity index (χ3v) is 14.3. The number of allylic oxidation sites excluding steroid dienone is 4. The van der Waals surface area contributed by atoms with E-state index < -0.39 is 12.1 Å². The number of esters is 1. The van der Waals surface area contributed by atoms with Crippen molar-refractivity contribution >= 4 is 11.9 Å². The third kappa shape index (κ3) is 53.7. The molecule has 0 bridgehead atoms. The maximum Gasteiger partial charge on any atom is 0.305 e. The van der Waals surface area contributed by atoms with Crippen LogP contribution in [0.25, 0.3) is 0 Å². The van der Waals surface area contributed by atoms with E-state index >= 15 is 0 Å². The summed E-state index contributed by atoms with van der Waals surface area (Å²) in [7, 11) is 0. The lowest BCUT2D eigenvalue weighted by Crippen LogP contribution is -2.45. The van der Waals surface area contributed by atoms with Crippen LogP contribution in [0.2, 0.25) is 0 Å². The molecule has 0 radical (unpaired) electrons. The van der Waals surface area contributed by atoms with Gasteiger partial charge in [-0.3, -0.25) is 9.59 Å². The second kappa shape index (κ2) is 57.9. The van der Waals surface area contributed by atoms with Crippen LogP contribution in [-0.4, -0.2) is 47.4 Å². The van der Waals surface area contributed by atoms with Crippen LogP contribution in [0.1, 0.15) is 335 Å².